The van der Waals surface area contributed by atoms with Crippen molar-refractivity contribution in [2.45, 2.75) is 116 Å². The average molecular weight is 332 g/mol. The Morgan fingerprint density at radius 1 is 0.545 bits per heavy atom. The molecule has 0 rings (SSSR count). The standard InChI is InChI=1S/C19H39O2P/c1-2-3-4-5-6-7-8-9-10-11-12-13-14-15-16-17-18-19-22(20)21/h2-19H2,1H3/p+1. The van der Waals surface area contributed by atoms with Gasteiger partial charge in [-0.2, -0.15) is 4.89 Å². The number of hydrogen-bond donors (Lipinski definition) is 1. The molecule has 132 valence electrons. The molecule has 0 amide bonds. The van der Waals surface area contributed by atoms with E-state index in [1.165, 1.54) is 96.3 Å². The lowest BCUT2D eigenvalue weighted by Gasteiger charge is -2.03. The highest BCUT2D eigenvalue weighted by Gasteiger charge is 2.07. The van der Waals surface area contributed by atoms with E-state index < -0.39 is 8.03 Å². The second kappa shape index (κ2) is 19.1. The fourth-order valence-electron chi connectivity index (χ4n) is 2.97. The molecule has 0 saturated carbocycles. The smallest absolute Gasteiger partial charge is 0.161 e. The zero-order chi connectivity index (χ0) is 16.3. The Bertz CT molecular complexity index is 231. The lowest BCUT2D eigenvalue weighted by molar-refractivity contribution is 0.497. The predicted molar refractivity (Wildman–Crippen MR) is 98.9 cm³/mol. The van der Waals surface area contributed by atoms with Crippen molar-refractivity contribution in [3.8, 4) is 0 Å². The SMILES string of the molecule is CCCCCCCCCCCCCCCCCCC[P+](=O)O. The van der Waals surface area contributed by atoms with Crippen LogP contribution in [-0.4, -0.2) is 11.1 Å². The van der Waals surface area contributed by atoms with E-state index in [1.54, 1.807) is 0 Å². The first-order valence-corrected chi connectivity index (χ1v) is 11.3. The molecule has 0 aliphatic rings. The lowest BCUT2D eigenvalue weighted by atomic mass is 10.0. The summed E-state index contributed by atoms with van der Waals surface area (Å²) >= 11 is 0. The van der Waals surface area contributed by atoms with Gasteiger partial charge in [0.05, 0.1) is 0 Å². The van der Waals surface area contributed by atoms with Gasteiger partial charge in [0.15, 0.2) is 6.16 Å². The van der Waals surface area contributed by atoms with Crippen LogP contribution in [0.15, 0.2) is 0 Å². The van der Waals surface area contributed by atoms with Crippen LogP contribution in [0.2, 0.25) is 0 Å². The van der Waals surface area contributed by atoms with E-state index in [9.17, 15) is 4.57 Å². The summed E-state index contributed by atoms with van der Waals surface area (Å²) in [5, 5.41) is 0. The molecule has 3 heteroatoms. The average Bonchev–Trinajstić information content (AvgIpc) is 2.50. The first-order valence-electron chi connectivity index (χ1n) is 9.91. The van der Waals surface area contributed by atoms with Crippen LogP contribution in [0, 0.1) is 0 Å². The molecule has 22 heavy (non-hydrogen) atoms. The minimum absolute atomic E-state index is 0.494. The van der Waals surface area contributed by atoms with Crippen molar-refractivity contribution in [2.24, 2.45) is 0 Å². The maximum Gasteiger partial charge on any atom is 0.505 e. The van der Waals surface area contributed by atoms with Gasteiger partial charge in [-0.25, -0.2) is 0 Å². The van der Waals surface area contributed by atoms with E-state index >= 15 is 0 Å². The maximum atomic E-state index is 10.5. The maximum absolute atomic E-state index is 10.5. The third kappa shape index (κ3) is 20.1. The van der Waals surface area contributed by atoms with Gasteiger partial charge in [0.25, 0.3) is 0 Å². The van der Waals surface area contributed by atoms with Crippen LogP contribution < -0.4 is 0 Å². The minimum Gasteiger partial charge on any atom is -0.161 e. The van der Waals surface area contributed by atoms with Gasteiger partial charge in [-0.05, 0) is 17.4 Å². The van der Waals surface area contributed by atoms with Crippen LogP contribution in [0.5, 0.6) is 0 Å². The fraction of sp³-hybridized carbons (Fsp3) is 1.00. The highest BCUT2D eigenvalue weighted by Crippen LogP contribution is 2.17. The summed E-state index contributed by atoms with van der Waals surface area (Å²) < 4.78 is 10.5. The second-order valence-corrected chi connectivity index (χ2v) is 7.88. The van der Waals surface area contributed by atoms with E-state index in [1.807, 2.05) is 0 Å². The van der Waals surface area contributed by atoms with Gasteiger partial charge in [0, 0.05) is 0 Å². The Morgan fingerprint density at radius 2 is 0.818 bits per heavy atom. The van der Waals surface area contributed by atoms with Gasteiger partial charge in [-0.15, -0.1) is 0 Å². The Labute approximate surface area is 140 Å². The third-order valence-corrected chi connectivity index (χ3v) is 5.15. The van der Waals surface area contributed by atoms with Gasteiger partial charge in [0.1, 0.15) is 0 Å². The monoisotopic (exact) mass is 331 g/mol. The summed E-state index contributed by atoms with van der Waals surface area (Å²) in [5.74, 6) is 0. The summed E-state index contributed by atoms with van der Waals surface area (Å²) in [5.41, 5.74) is 0. The van der Waals surface area contributed by atoms with E-state index in [0.717, 1.165) is 12.8 Å². The number of hydrogen-bond acceptors (Lipinski definition) is 1. The van der Waals surface area contributed by atoms with Crippen LogP contribution in [0.3, 0.4) is 0 Å². The van der Waals surface area contributed by atoms with Crippen molar-refractivity contribution in [2.75, 3.05) is 6.16 Å². The second-order valence-electron chi connectivity index (χ2n) is 6.73. The van der Waals surface area contributed by atoms with Crippen LogP contribution in [0.25, 0.3) is 0 Å². The van der Waals surface area contributed by atoms with Crippen molar-refractivity contribution in [1.29, 1.82) is 0 Å². The lowest BCUT2D eigenvalue weighted by Crippen LogP contribution is -1.84. The van der Waals surface area contributed by atoms with Crippen LogP contribution in [-0.2, 0) is 4.57 Å². The summed E-state index contributed by atoms with van der Waals surface area (Å²) in [4.78, 5) is 8.69. The van der Waals surface area contributed by atoms with Crippen molar-refractivity contribution in [1.82, 2.24) is 0 Å². The molecule has 0 aromatic heterocycles. The molecule has 0 bridgehead atoms. The molecule has 1 unspecified atom stereocenters. The molecule has 2 nitrogen and oxygen atoms in total. The fourth-order valence-corrected chi connectivity index (χ4v) is 3.47. The van der Waals surface area contributed by atoms with E-state index in [2.05, 4.69) is 6.92 Å². The highest BCUT2D eigenvalue weighted by atomic mass is 31.1. The van der Waals surface area contributed by atoms with Gasteiger partial charge in [0.2, 0.25) is 0 Å². The Morgan fingerprint density at radius 3 is 1.09 bits per heavy atom. The molecule has 1 atom stereocenters. The van der Waals surface area contributed by atoms with E-state index in [-0.39, 0.29) is 0 Å². The van der Waals surface area contributed by atoms with Crippen LogP contribution in [0.1, 0.15) is 116 Å². The van der Waals surface area contributed by atoms with Gasteiger partial charge in [-0.1, -0.05) is 103 Å². The first kappa shape index (κ1) is 22.1. The van der Waals surface area contributed by atoms with Crippen molar-refractivity contribution < 1.29 is 9.46 Å². The van der Waals surface area contributed by atoms with Crippen molar-refractivity contribution >= 4 is 8.03 Å². The van der Waals surface area contributed by atoms with E-state index in [4.69, 9.17) is 4.89 Å². The molecule has 1 N–H and O–H groups in total. The zero-order valence-electron chi connectivity index (χ0n) is 15.0. The largest absolute Gasteiger partial charge is 0.505 e. The quantitative estimate of drug-likeness (QED) is 0.210. The first-order chi connectivity index (χ1) is 10.8. The summed E-state index contributed by atoms with van der Waals surface area (Å²) in [6.45, 7) is 2.28. The minimum atomic E-state index is -1.89. The summed E-state index contributed by atoms with van der Waals surface area (Å²) in [6, 6.07) is 0. The molecule has 0 spiro atoms. The Kier molecular flexibility index (Phi) is 19.2. The molecule has 0 aromatic rings. The third-order valence-electron chi connectivity index (χ3n) is 4.45. The molecule has 0 fully saturated rings. The number of unbranched alkanes of at least 4 members (excludes halogenated alkanes) is 16. The summed E-state index contributed by atoms with van der Waals surface area (Å²) in [7, 11) is -1.89. The van der Waals surface area contributed by atoms with Crippen molar-refractivity contribution in [3.05, 3.63) is 0 Å². The molecule has 0 aliphatic heterocycles. The van der Waals surface area contributed by atoms with Gasteiger partial charge >= 0.3 is 8.03 Å². The normalized spacial score (nSPS) is 11.8. The molecular formula is C19H40O2P+. The zero-order valence-corrected chi connectivity index (χ0v) is 15.9. The predicted octanol–water partition coefficient (Wildman–Crippen LogP) is 7.37. The van der Waals surface area contributed by atoms with Crippen LogP contribution in [0.4, 0.5) is 0 Å². The molecular weight excluding hydrogens is 291 g/mol. The Hall–Kier alpha value is 0.0600. The molecule has 0 heterocycles. The van der Waals surface area contributed by atoms with Gasteiger partial charge < -0.3 is 0 Å². The molecule has 0 aromatic carbocycles. The highest BCUT2D eigenvalue weighted by molar-refractivity contribution is 7.37. The van der Waals surface area contributed by atoms with Gasteiger partial charge in [-0.3, -0.25) is 0 Å². The Balaban J connectivity index is 2.95. The topological polar surface area (TPSA) is 37.3 Å². The van der Waals surface area contributed by atoms with Crippen LogP contribution >= 0.6 is 8.03 Å². The number of rotatable bonds is 18. The molecule has 0 saturated heterocycles. The molecule has 0 radical (unpaired) electrons. The summed E-state index contributed by atoms with van der Waals surface area (Å²) in [6.07, 6.45) is 23.5. The molecule has 0 aliphatic carbocycles. The van der Waals surface area contributed by atoms with E-state index in [0.29, 0.717) is 6.16 Å². The van der Waals surface area contributed by atoms with Crippen molar-refractivity contribution in [3.63, 3.8) is 0 Å².